The quantitative estimate of drug-likeness (QED) is 0.750. The van der Waals surface area contributed by atoms with Crippen LogP contribution in [0.1, 0.15) is 22.3 Å². The summed E-state index contributed by atoms with van der Waals surface area (Å²) in [5, 5.41) is 4.05. The average molecular weight is 337 g/mol. The van der Waals surface area contributed by atoms with E-state index in [1.165, 1.54) is 0 Å². The van der Waals surface area contributed by atoms with E-state index >= 15 is 0 Å². The molecule has 25 heavy (non-hydrogen) atoms. The molecule has 0 unspecified atom stereocenters. The first-order valence-electron chi connectivity index (χ1n) is 8.34. The summed E-state index contributed by atoms with van der Waals surface area (Å²) < 4.78 is 11.1. The van der Waals surface area contributed by atoms with Gasteiger partial charge in [-0.25, -0.2) is 4.98 Å². The number of ether oxygens (including phenoxy) is 2. The summed E-state index contributed by atoms with van der Waals surface area (Å²) in [6, 6.07) is 11.5. The number of benzene rings is 1. The zero-order valence-electron chi connectivity index (χ0n) is 13.7. The minimum absolute atomic E-state index is 0.0462. The Balaban J connectivity index is 1.47. The molecule has 3 aromatic rings. The highest BCUT2D eigenvalue weighted by molar-refractivity contribution is 5.96. The SMILES string of the molecule is O=C(NCc1c[nH]c2ccccc12)c1cccnc1O[C@@H]1CCOC1. The van der Waals surface area contributed by atoms with Gasteiger partial charge in [0.1, 0.15) is 11.7 Å². The first-order chi connectivity index (χ1) is 12.3. The molecular formula is C19H19N3O3. The van der Waals surface area contributed by atoms with Gasteiger partial charge in [0.2, 0.25) is 5.88 Å². The predicted octanol–water partition coefficient (Wildman–Crippen LogP) is 2.66. The topological polar surface area (TPSA) is 76.2 Å². The first kappa shape index (κ1) is 15.7. The molecule has 1 amide bonds. The van der Waals surface area contributed by atoms with Gasteiger partial charge in [0, 0.05) is 36.3 Å². The lowest BCUT2D eigenvalue weighted by atomic mass is 10.1. The molecule has 0 bridgehead atoms. The molecule has 4 rings (SSSR count). The third-order valence-electron chi connectivity index (χ3n) is 4.30. The van der Waals surface area contributed by atoms with Gasteiger partial charge < -0.3 is 19.8 Å². The number of rotatable bonds is 5. The molecule has 3 heterocycles. The van der Waals surface area contributed by atoms with Gasteiger partial charge in [0.05, 0.1) is 13.2 Å². The van der Waals surface area contributed by atoms with Gasteiger partial charge in [-0.15, -0.1) is 0 Å². The Morgan fingerprint density at radius 1 is 1.32 bits per heavy atom. The fourth-order valence-corrected chi connectivity index (χ4v) is 2.97. The lowest BCUT2D eigenvalue weighted by Gasteiger charge is -2.14. The van der Waals surface area contributed by atoms with Crippen LogP contribution in [0.2, 0.25) is 0 Å². The van der Waals surface area contributed by atoms with E-state index < -0.39 is 0 Å². The van der Waals surface area contributed by atoms with Gasteiger partial charge in [0.25, 0.3) is 5.91 Å². The smallest absolute Gasteiger partial charge is 0.257 e. The molecule has 6 nitrogen and oxygen atoms in total. The number of fused-ring (bicyclic) bond motifs is 1. The Morgan fingerprint density at radius 2 is 2.24 bits per heavy atom. The summed E-state index contributed by atoms with van der Waals surface area (Å²) in [7, 11) is 0. The number of aromatic amines is 1. The maximum absolute atomic E-state index is 12.6. The van der Waals surface area contributed by atoms with Gasteiger partial charge in [-0.2, -0.15) is 0 Å². The summed E-state index contributed by atoms with van der Waals surface area (Å²) in [5.41, 5.74) is 2.53. The van der Waals surface area contributed by atoms with E-state index in [4.69, 9.17) is 9.47 Å². The van der Waals surface area contributed by atoms with Crippen molar-refractivity contribution in [1.82, 2.24) is 15.3 Å². The van der Waals surface area contributed by atoms with E-state index in [9.17, 15) is 4.79 Å². The average Bonchev–Trinajstić information content (AvgIpc) is 3.30. The van der Waals surface area contributed by atoms with Crippen LogP contribution in [0, 0.1) is 0 Å². The summed E-state index contributed by atoms with van der Waals surface area (Å²) in [6.07, 6.45) is 4.31. The summed E-state index contributed by atoms with van der Waals surface area (Å²) in [5.74, 6) is 0.154. The number of nitrogens with zero attached hydrogens (tertiary/aromatic N) is 1. The zero-order chi connectivity index (χ0) is 17.1. The number of H-pyrrole nitrogens is 1. The Bertz CT molecular complexity index is 884. The Kier molecular flexibility index (Phi) is 4.35. The number of carbonyl (C=O) groups excluding carboxylic acids is 1. The number of amides is 1. The van der Waals surface area contributed by atoms with Gasteiger partial charge in [-0.05, 0) is 23.8 Å². The van der Waals surface area contributed by atoms with Crippen LogP contribution in [0.3, 0.4) is 0 Å². The van der Waals surface area contributed by atoms with E-state index in [-0.39, 0.29) is 12.0 Å². The van der Waals surface area contributed by atoms with Crippen LogP contribution < -0.4 is 10.1 Å². The van der Waals surface area contributed by atoms with E-state index in [1.54, 1.807) is 18.3 Å². The Labute approximate surface area is 145 Å². The number of para-hydroxylation sites is 1. The molecule has 128 valence electrons. The molecule has 0 spiro atoms. The highest BCUT2D eigenvalue weighted by atomic mass is 16.5. The van der Waals surface area contributed by atoms with Crippen LogP contribution >= 0.6 is 0 Å². The van der Waals surface area contributed by atoms with Gasteiger partial charge >= 0.3 is 0 Å². The van der Waals surface area contributed by atoms with E-state index in [2.05, 4.69) is 15.3 Å². The van der Waals surface area contributed by atoms with Crippen molar-refractivity contribution in [2.75, 3.05) is 13.2 Å². The number of carbonyl (C=O) groups is 1. The molecule has 1 atom stereocenters. The van der Waals surface area contributed by atoms with E-state index in [0.717, 1.165) is 22.9 Å². The standard InChI is InChI=1S/C19H19N3O3/c23-18(22-11-13-10-21-17-6-2-1-4-15(13)17)16-5-3-8-20-19(16)25-14-7-9-24-12-14/h1-6,8,10,14,21H,7,9,11-12H2,(H,22,23)/t14-/m1/s1. The second-order valence-electron chi connectivity index (χ2n) is 6.00. The number of pyridine rings is 1. The number of hydrogen-bond donors (Lipinski definition) is 2. The third-order valence-corrected chi connectivity index (χ3v) is 4.30. The number of hydrogen-bond acceptors (Lipinski definition) is 4. The van der Waals surface area contributed by atoms with Crippen molar-refractivity contribution in [3.63, 3.8) is 0 Å². The third kappa shape index (κ3) is 3.34. The summed E-state index contributed by atoms with van der Waals surface area (Å²) >= 11 is 0. The minimum atomic E-state index is -0.202. The van der Waals surface area contributed by atoms with Gasteiger partial charge in [-0.3, -0.25) is 4.79 Å². The van der Waals surface area contributed by atoms with E-state index in [1.807, 2.05) is 30.5 Å². The molecule has 6 heteroatoms. The van der Waals surface area contributed by atoms with Crippen molar-refractivity contribution in [2.45, 2.75) is 19.1 Å². The van der Waals surface area contributed by atoms with Crippen molar-refractivity contribution in [3.05, 3.63) is 59.9 Å². The molecule has 1 aliphatic heterocycles. The molecule has 2 N–H and O–H groups in total. The lowest BCUT2D eigenvalue weighted by Crippen LogP contribution is -2.25. The fraction of sp³-hybridized carbons (Fsp3) is 0.263. The zero-order valence-corrected chi connectivity index (χ0v) is 13.7. The van der Waals surface area contributed by atoms with Crippen LogP contribution in [0.4, 0.5) is 0 Å². The Morgan fingerprint density at radius 3 is 3.12 bits per heavy atom. The van der Waals surface area contributed by atoms with Crippen molar-refractivity contribution in [1.29, 1.82) is 0 Å². The normalized spacial score (nSPS) is 16.9. The second kappa shape index (κ2) is 6.94. The van der Waals surface area contributed by atoms with Crippen molar-refractivity contribution < 1.29 is 14.3 Å². The maximum atomic E-state index is 12.6. The molecule has 0 saturated carbocycles. The summed E-state index contributed by atoms with van der Waals surface area (Å²) in [4.78, 5) is 20.0. The highest BCUT2D eigenvalue weighted by Gasteiger charge is 2.21. The molecule has 1 saturated heterocycles. The molecule has 0 radical (unpaired) electrons. The number of aromatic nitrogens is 2. The largest absolute Gasteiger partial charge is 0.471 e. The molecule has 2 aromatic heterocycles. The number of nitrogens with one attached hydrogen (secondary N) is 2. The van der Waals surface area contributed by atoms with Crippen LogP contribution in [0.15, 0.2) is 48.8 Å². The highest BCUT2D eigenvalue weighted by Crippen LogP contribution is 2.20. The predicted molar refractivity (Wildman–Crippen MR) is 93.6 cm³/mol. The molecule has 1 aliphatic rings. The van der Waals surface area contributed by atoms with Gasteiger partial charge in [0.15, 0.2) is 0 Å². The van der Waals surface area contributed by atoms with E-state index in [0.29, 0.717) is 31.2 Å². The summed E-state index contributed by atoms with van der Waals surface area (Å²) in [6.45, 7) is 1.65. The molecule has 1 fully saturated rings. The van der Waals surface area contributed by atoms with Crippen LogP contribution in [-0.2, 0) is 11.3 Å². The minimum Gasteiger partial charge on any atom is -0.471 e. The van der Waals surface area contributed by atoms with Crippen LogP contribution in [-0.4, -0.2) is 35.2 Å². The first-order valence-corrected chi connectivity index (χ1v) is 8.34. The maximum Gasteiger partial charge on any atom is 0.257 e. The van der Waals surface area contributed by atoms with Crippen LogP contribution in [0.25, 0.3) is 10.9 Å². The monoisotopic (exact) mass is 337 g/mol. The van der Waals surface area contributed by atoms with Crippen molar-refractivity contribution >= 4 is 16.8 Å². The molecular weight excluding hydrogens is 318 g/mol. The molecule has 1 aromatic carbocycles. The Hall–Kier alpha value is -2.86. The van der Waals surface area contributed by atoms with Crippen LogP contribution in [0.5, 0.6) is 5.88 Å². The fourth-order valence-electron chi connectivity index (χ4n) is 2.97. The van der Waals surface area contributed by atoms with Gasteiger partial charge in [-0.1, -0.05) is 18.2 Å². The lowest BCUT2D eigenvalue weighted by molar-refractivity contribution is 0.0938. The molecule has 0 aliphatic carbocycles. The second-order valence-corrected chi connectivity index (χ2v) is 6.00. The van der Waals surface area contributed by atoms with Crippen molar-refractivity contribution in [3.8, 4) is 5.88 Å². The van der Waals surface area contributed by atoms with Crippen molar-refractivity contribution in [2.24, 2.45) is 0 Å².